The van der Waals surface area contributed by atoms with Crippen LogP contribution < -0.4 is 5.32 Å². The van der Waals surface area contributed by atoms with Gasteiger partial charge in [0.2, 0.25) is 0 Å². The molecule has 0 spiro atoms. The molecule has 5 heteroatoms. The average Bonchev–Trinajstić information content (AvgIpc) is 3.09. The van der Waals surface area contributed by atoms with E-state index in [4.69, 9.17) is 9.47 Å². The largest absolute Gasteiger partial charge is 0.468 e. The third-order valence-corrected chi connectivity index (χ3v) is 5.21. The van der Waals surface area contributed by atoms with Crippen molar-refractivity contribution < 1.29 is 14.3 Å². The van der Waals surface area contributed by atoms with Gasteiger partial charge in [-0.15, -0.1) is 0 Å². The van der Waals surface area contributed by atoms with Gasteiger partial charge in [-0.2, -0.15) is 11.8 Å². The van der Waals surface area contributed by atoms with Crippen LogP contribution in [0, 0.1) is 0 Å². The highest BCUT2D eigenvalue weighted by molar-refractivity contribution is 7.99. The number of nitrogens with one attached hydrogen (secondary N) is 1. The molecular formula is C15H27NO3S. The molecule has 0 aromatic rings. The second-order valence-electron chi connectivity index (χ2n) is 6.06. The fourth-order valence-electron chi connectivity index (χ4n) is 2.65. The maximum absolute atomic E-state index is 12.0. The van der Waals surface area contributed by atoms with Gasteiger partial charge in [-0.3, -0.25) is 10.1 Å². The summed E-state index contributed by atoms with van der Waals surface area (Å²) in [6, 6.07) is 0.513. The van der Waals surface area contributed by atoms with Gasteiger partial charge in [0.1, 0.15) is 5.54 Å². The van der Waals surface area contributed by atoms with E-state index in [9.17, 15) is 4.79 Å². The van der Waals surface area contributed by atoms with Crippen molar-refractivity contribution >= 4 is 17.7 Å². The first-order valence-electron chi connectivity index (χ1n) is 7.69. The van der Waals surface area contributed by atoms with E-state index in [2.05, 4.69) is 5.32 Å². The lowest BCUT2D eigenvalue weighted by Crippen LogP contribution is -2.51. The first-order valence-corrected chi connectivity index (χ1v) is 8.85. The van der Waals surface area contributed by atoms with E-state index in [0.717, 1.165) is 31.0 Å². The Bertz CT molecular complexity index is 316. The molecule has 20 heavy (non-hydrogen) atoms. The minimum atomic E-state index is -0.514. The molecule has 4 nitrogen and oxygen atoms in total. The van der Waals surface area contributed by atoms with E-state index < -0.39 is 5.54 Å². The quantitative estimate of drug-likeness (QED) is 0.523. The monoisotopic (exact) mass is 301 g/mol. The highest BCUT2D eigenvalue weighted by atomic mass is 32.2. The zero-order valence-electron chi connectivity index (χ0n) is 12.7. The molecule has 0 aromatic carbocycles. The maximum Gasteiger partial charge on any atom is 0.325 e. The van der Waals surface area contributed by atoms with Crippen molar-refractivity contribution in [2.45, 2.75) is 63.1 Å². The molecule has 0 bridgehead atoms. The summed E-state index contributed by atoms with van der Waals surface area (Å²) in [7, 11) is 1.47. The van der Waals surface area contributed by atoms with E-state index in [1.54, 1.807) is 0 Å². The molecule has 1 aliphatic heterocycles. The Labute approximate surface area is 126 Å². The Kier molecular flexibility index (Phi) is 6.18. The second-order valence-corrected chi connectivity index (χ2v) is 7.21. The summed E-state index contributed by atoms with van der Waals surface area (Å²) in [6.07, 6.45) is 7.10. The molecule has 1 heterocycles. The summed E-state index contributed by atoms with van der Waals surface area (Å²) in [5, 5.41) is 3.44. The maximum atomic E-state index is 12.0. The van der Waals surface area contributed by atoms with Crippen molar-refractivity contribution in [1.82, 2.24) is 5.32 Å². The molecule has 2 atom stereocenters. The van der Waals surface area contributed by atoms with Crippen molar-refractivity contribution in [3.05, 3.63) is 0 Å². The summed E-state index contributed by atoms with van der Waals surface area (Å²) in [4.78, 5) is 12.0. The normalized spacial score (nSPS) is 25.4. The number of esters is 1. The number of hydrogen-bond donors (Lipinski definition) is 1. The highest BCUT2D eigenvalue weighted by Crippen LogP contribution is 2.26. The summed E-state index contributed by atoms with van der Waals surface area (Å²) in [5.41, 5.74) is -0.514. The number of rotatable bonds is 9. The first kappa shape index (κ1) is 16.1. The molecule has 1 saturated carbocycles. The molecule has 1 N–H and O–H groups in total. The molecule has 2 unspecified atom stereocenters. The molecule has 2 fully saturated rings. The Morgan fingerprint density at radius 1 is 1.45 bits per heavy atom. The number of ether oxygens (including phenoxy) is 2. The van der Waals surface area contributed by atoms with Crippen molar-refractivity contribution in [2.75, 3.05) is 25.2 Å². The third kappa shape index (κ3) is 4.93. The third-order valence-electron chi connectivity index (χ3n) is 4.03. The van der Waals surface area contributed by atoms with Crippen LogP contribution in [-0.4, -0.2) is 48.9 Å². The van der Waals surface area contributed by atoms with Crippen molar-refractivity contribution in [2.24, 2.45) is 0 Å². The van der Waals surface area contributed by atoms with Gasteiger partial charge >= 0.3 is 5.97 Å². The second kappa shape index (κ2) is 7.66. The molecule has 0 amide bonds. The lowest BCUT2D eigenvalue weighted by Gasteiger charge is -2.28. The van der Waals surface area contributed by atoms with Crippen LogP contribution in [0.15, 0.2) is 0 Å². The van der Waals surface area contributed by atoms with Crippen LogP contribution in [0.5, 0.6) is 0 Å². The first-order chi connectivity index (χ1) is 9.64. The van der Waals surface area contributed by atoms with Gasteiger partial charge in [-0.1, -0.05) is 0 Å². The van der Waals surface area contributed by atoms with Crippen LogP contribution >= 0.6 is 11.8 Å². The van der Waals surface area contributed by atoms with Crippen LogP contribution in [-0.2, 0) is 14.3 Å². The number of carbonyl (C=O) groups is 1. The molecule has 116 valence electrons. The molecule has 2 aliphatic rings. The van der Waals surface area contributed by atoms with Gasteiger partial charge in [-0.25, -0.2) is 0 Å². The van der Waals surface area contributed by atoms with Crippen molar-refractivity contribution in [3.63, 3.8) is 0 Å². The molecule has 0 radical (unpaired) electrons. The fraction of sp³-hybridized carbons (Fsp3) is 0.933. The summed E-state index contributed by atoms with van der Waals surface area (Å²) in [6.45, 7) is 2.90. The number of carbonyl (C=O) groups excluding carboxylic acids is 1. The van der Waals surface area contributed by atoms with E-state index in [1.165, 1.54) is 32.8 Å². The Balaban J connectivity index is 1.64. The lowest BCUT2D eigenvalue weighted by molar-refractivity contribution is -0.148. The van der Waals surface area contributed by atoms with Gasteiger partial charge in [0.25, 0.3) is 0 Å². The van der Waals surface area contributed by atoms with Gasteiger partial charge in [0.15, 0.2) is 0 Å². The van der Waals surface area contributed by atoms with Gasteiger partial charge in [-0.05, 0) is 51.2 Å². The Morgan fingerprint density at radius 2 is 2.25 bits per heavy atom. The predicted octanol–water partition coefficient (Wildman–Crippen LogP) is 2.36. The number of thioether (sulfide) groups is 1. The molecular weight excluding hydrogens is 274 g/mol. The zero-order valence-corrected chi connectivity index (χ0v) is 13.5. The lowest BCUT2D eigenvalue weighted by atomic mass is 9.96. The smallest absolute Gasteiger partial charge is 0.325 e. The van der Waals surface area contributed by atoms with Gasteiger partial charge in [0, 0.05) is 18.4 Å². The molecule has 0 aromatic heterocycles. The van der Waals surface area contributed by atoms with Crippen LogP contribution in [0.3, 0.4) is 0 Å². The minimum Gasteiger partial charge on any atom is -0.468 e. The fourth-order valence-corrected chi connectivity index (χ4v) is 3.70. The summed E-state index contributed by atoms with van der Waals surface area (Å²) >= 11 is 1.94. The molecule has 2 rings (SSSR count). The standard InChI is InChI=1S/C15H27NO3S/c1-15(14(17)18-2,16-12-6-7-12)8-4-10-20-11-13-5-3-9-19-13/h12-13,16H,3-11H2,1-2H3. The van der Waals surface area contributed by atoms with Gasteiger partial charge in [0.05, 0.1) is 13.2 Å². The van der Waals surface area contributed by atoms with Crippen LogP contribution in [0.2, 0.25) is 0 Å². The summed E-state index contributed by atoms with van der Waals surface area (Å²) < 4.78 is 10.6. The number of methoxy groups -OCH3 is 1. The van der Waals surface area contributed by atoms with E-state index in [-0.39, 0.29) is 5.97 Å². The van der Waals surface area contributed by atoms with Crippen molar-refractivity contribution in [3.8, 4) is 0 Å². The predicted molar refractivity (Wildman–Crippen MR) is 82.1 cm³/mol. The van der Waals surface area contributed by atoms with Crippen molar-refractivity contribution in [1.29, 1.82) is 0 Å². The van der Waals surface area contributed by atoms with E-state index in [1.807, 2.05) is 18.7 Å². The molecule has 1 saturated heterocycles. The topological polar surface area (TPSA) is 47.6 Å². The highest BCUT2D eigenvalue weighted by Gasteiger charge is 2.38. The zero-order chi connectivity index (χ0) is 14.4. The Morgan fingerprint density at radius 3 is 2.85 bits per heavy atom. The average molecular weight is 301 g/mol. The molecule has 1 aliphatic carbocycles. The van der Waals surface area contributed by atoms with Crippen LogP contribution in [0.1, 0.15) is 45.4 Å². The number of hydrogen-bond acceptors (Lipinski definition) is 5. The van der Waals surface area contributed by atoms with Gasteiger partial charge < -0.3 is 9.47 Å². The van der Waals surface area contributed by atoms with E-state index in [0.29, 0.717) is 12.1 Å². The Hall–Kier alpha value is -0.260. The van der Waals surface area contributed by atoms with E-state index >= 15 is 0 Å². The minimum absolute atomic E-state index is 0.131. The summed E-state index contributed by atoms with van der Waals surface area (Å²) in [5.74, 6) is 2.04. The van der Waals surface area contributed by atoms with Crippen LogP contribution in [0.25, 0.3) is 0 Å². The van der Waals surface area contributed by atoms with Crippen LogP contribution in [0.4, 0.5) is 0 Å². The SMILES string of the molecule is COC(=O)C(C)(CCCSCC1CCCO1)NC1CC1.